The number of carbonyl (C=O) groups excluding carboxylic acids is 2. The molecule has 0 bridgehead atoms. The molecular weight excluding hydrogens is 445 g/mol. The second-order valence-corrected chi connectivity index (χ2v) is 7.69. The zero-order chi connectivity index (χ0) is 23.1. The molecule has 2 aromatic carbocycles. The summed E-state index contributed by atoms with van der Waals surface area (Å²) >= 11 is 1.26. The van der Waals surface area contributed by atoms with E-state index in [1.807, 2.05) is 25.1 Å². The molecule has 1 aromatic heterocycles. The SMILES string of the molecule is Cc1ccccc1NC(=O)Cc1nc(COC(=O)COc2cccc(C(F)(F)F)c2)cs1. The Morgan fingerprint density at radius 3 is 2.66 bits per heavy atom. The predicted molar refractivity (Wildman–Crippen MR) is 112 cm³/mol. The number of rotatable bonds is 8. The van der Waals surface area contributed by atoms with Gasteiger partial charge in [0.05, 0.1) is 17.7 Å². The van der Waals surface area contributed by atoms with Crippen molar-refractivity contribution in [2.24, 2.45) is 0 Å². The molecule has 0 spiro atoms. The van der Waals surface area contributed by atoms with Gasteiger partial charge in [-0.2, -0.15) is 13.2 Å². The lowest BCUT2D eigenvalue weighted by molar-refractivity contribution is -0.147. The van der Waals surface area contributed by atoms with Crippen LogP contribution < -0.4 is 10.1 Å². The largest absolute Gasteiger partial charge is 0.482 e. The summed E-state index contributed by atoms with van der Waals surface area (Å²) in [4.78, 5) is 28.3. The molecule has 0 aliphatic rings. The molecule has 1 amide bonds. The van der Waals surface area contributed by atoms with E-state index in [1.165, 1.54) is 23.5 Å². The van der Waals surface area contributed by atoms with E-state index in [0.717, 1.165) is 23.4 Å². The average Bonchev–Trinajstić information content (AvgIpc) is 3.19. The highest BCUT2D eigenvalue weighted by Crippen LogP contribution is 2.31. The van der Waals surface area contributed by atoms with Crippen LogP contribution in [0.5, 0.6) is 5.75 Å². The molecule has 168 valence electrons. The Kier molecular flexibility index (Phi) is 7.47. The number of para-hydroxylation sites is 1. The van der Waals surface area contributed by atoms with E-state index in [4.69, 9.17) is 9.47 Å². The molecule has 3 aromatic rings. The maximum atomic E-state index is 12.7. The molecule has 0 saturated carbocycles. The Morgan fingerprint density at radius 2 is 1.91 bits per heavy atom. The van der Waals surface area contributed by atoms with Gasteiger partial charge in [-0.15, -0.1) is 11.3 Å². The lowest BCUT2D eigenvalue weighted by Gasteiger charge is -2.10. The third kappa shape index (κ3) is 6.81. The predicted octanol–water partition coefficient (Wildman–Crippen LogP) is 4.77. The average molecular weight is 464 g/mol. The minimum atomic E-state index is -4.50. The van der Waals surface area contributed by atoms with Gasteiger partial charge < -0.3 is 14.8 Å². The van der Waals surface area contributed by atoms with Crippen LogP contribution in [0.25, 0.3) is 0 Å². The van der Waals surface area contributed by atoms with Crippen LogP contribution in [0.4, 0.5) is 18.9 Å². The summed E-state index contributed by atoms with van der Waals surface area (Å²) in [5, 5.41) is 5.04. The third-order valence-electron chi connectivity index (χ3n) is 4.23. The van der Waals surface area contributed by atoms with Crippen LogP contribution in [0.3, 0.4) is 0 Å². The topological polar surface area (TPSA) is 77.5 Å². The van der Waals surface area contributed by atoms with Crippen molar-refractivity contribution in [3.63, 3.8) is 0 Å². The lowest BCUT2D eigenvalue weighted by atomic mass is 10.2. The third-order valence-corrected chi connectivity index (χ3v) is 5.13. The number of anilines is 1. The van der Waals surface area contributed by atoms with Gasteiger partial charge in [-0.25, -0.2) is 9.78 Å². The maximum absolute atomic E-state index is 12.7. The smallest absolute Gasteiger partial charge is 0.416 e. The molecular formula is C22H19F3N2O4S. The number of alkyl halides is 3. The molecule has 0 unspecified atom stereocenters. The number of halogens is 3. The monoisotopic (exact) mass is 464 g/mol. The number of aryl methyl sites for hydroxylation is 1. The number of nitrogens with zero attached hydrogens (tertiary/aromatic N) is 1. The first kappa shape index (κ1) is 23.3. The maximum Gasteiger partial charge on any atom is 0.416 e. The summed E-state index contributed by atoms with van der Waals surface area (Å²) in [5.74, 6) is -1.06. The van der Waals surface area contributed by atoms with Gasteiger partial charge in [-0.05, 0) is 36.8 Å². The van der Waals surface area contributed by atoms with Crippen molar-refractivity contribution in [1.82, 2.24) is 4.98 Å². The Balaban J connectivity index is 1.44. The van der Waals surface area contributed by atoms with Gasteiger partial charge in [0.15, 0.2) is 6.61 Å². The number of ether oxygens (including phenoxy) is 2. The summed E-state index contributed by atoms with van der Waals surface area (Å²) in [7, 11) is 0. The van der Waals surface area contributed by atoms with Gasteiger partial charge >= 0.3 is 12.1 Å². The van der Waals surface area contributed by atoms with Crippen molar-refractivity contribution in [3.05, 3.63) is 75.7 Å². The first-order valence-electron chi connectivity index (χ1n) is 9.45. The number of aromatic nitrogens is 1. The number of hydrogen-bond donors (Lipinski definition) is 1. The number of carbonyl (C=O) groups is 2. The second-order valence-electron chi connectivity index (χ2n) is 6.75. The highest BCUT2D eigenvalue weighted by Gasteiger charge is 2.30. The van der Waals surface area contributed by atoms with Gasteiger partial charge in [-0.1, -0.05) is 24.3 Å². The van der Waals surface area contributed by atoms with E-state index >= 15 is 0 Å². The van der Waals surface area contributed by atoms with Crippen LogP contribution in [0.15, 0.2) is 53.9 Å². The number of amides is 1. The van der Waals surface area contributed by atoms with E-state index in [9.17, 15) is 22.8 Å². The van der Waals surface area contributed by atoms with Crippen molar-refractivity contribution >= 4 is 28.9 Å². The molecule has 1 N–H and O–H groups in total. The number of esters is 1. The van der Waals surface area contributed by atoms with E-state index in [0.29, 0.717) is 10.7 Å². The second kappa shape index (κ2) is 10.3. The minimum absolute atomic E-state index is 0.0750. The molecule has 0 aliphatic heterocycles. The van der Waals surface area contributed by atoms with Crippen LogP contribution in [0.1, 0.15) is 21.8 Å². The number of nitrogens with one attached hydrogen (secondary N) is 1. The molecule has 1 heterocycles. The molecule has 0 fully saturated rings. The summed E-state index contributed by atoms with van der Waals surface area (Å²) in [5.41, 5.74) is 1.26. The van der Waals surface area contributed by atoms with Gasteiger partial charge in [0.25, 0.3) is 0 Å². The van der Waals surface area contributed by atoms with Crippen LogP contribution >= 0.6 is 11.3 Å². The van der Waals surface area contributed by atoms with Gasteiger partial charge in [0.2, 0.25) is 5.91 Å². The molecule has 32 heavy (non-hydrogen) atoms. The van der Waals surface area contributed by atoms with Crippen LogP contribution in [0.2, 0.25) is 0 Å². The first-order chi connectivity index (χ1) is 15.2. The zero-order valence-electron chi connectivity index (χ0n) is 16.9. The number of benzene rings is 2. The molecule has 0 atom stereocenters. The highest BCUT2D eigenvalue weighted by molar-refractivity contribution is 7.09. The van der Waals surface area contributed by atoms with Crippen LogP contribution in [0, 0.1) is 6.92 Å². The highest BCUT2D eigenvalue weighted by atomic mass is 32.1. The fourth-order valence-corrected chi connectivity index (χ4v) is 3.42. The molecule has 6 nitrogen and oxygen atoms in total. The Hall–Kier alpha value is -3.40. The van der Waals surface area contributed by atoms with Gasteiger partial charge in [-0.3, -0.25) is 4.79 Å². The van der Waals surface area contributed by atoms with Crippen molar-refractivity contribution in [2.75, 3.05) is 11.9 Å². The van der Waals surface area contributed by atoms with Gasteiger partial charge in [0, 0.05) is 11.1 Å². The van der Waals surface area contributed by atoms with Crippen molar-refractivity contribution in [2.45, 2.75) is 26.1 Å². The normalized spacial score (nSPS) is 11.1. The molecule has 0 aliphatic carbocycles. The quantitative estimate of drug-likeness (QED) is 0.486. The summed E-state index contributed by atoms with van der Waals surface area (Å²) in [6.07, 6.45) is -4.43. The number of hydrogen-bond acceptors (Lipinski definition) is 6. The standard InChI is InChI=1S/C22H19F3N2O4S/c1-14-5-2-3-8-18(14)27-19(28)10-20-26-16(13-32-20)11-31-21(29)12-30-17-7-4-6-15(9-17)22(23,24)25/h2-9,13H,10-12H2,1H3,(H,27,28). The van der Waals surface area contributed by atoms with Crippen molar-refractivity contribution in [1.29, 1.82) is 0 Å². The Morgan fingerprint density at radius 1 is 1.12 bits per heavy atom. The first-order valence-corrected chi connectivity index (χ1v) is 10.3. The lowest BCUT2D eigenvalue weighted by Crippen LogP contribution is -2.16. The van der Waals surface area contributed by atoms with Crippen LogP contribution in [-0.2, 0) is 33.5 Å². The molecule has 3 rings (SSSR count). The molecule has 0 radical (unpaired) electrons. The Bertz CT molecular complexity index is 1100. The van der Waals surface area contributed by atoms with E-state index in [2.05, 4.69) is 10.3 Å². The summed E-state index contributed by atoms with van der Waals surface area (Å²) in [6, 6.07) is 11.6. The fourth-order valence-electron chi connectivity index (χ4n) is 2.64. The zero-order valence-corrected chi connectivity index (χ0v) is 17.8. The van der Waals surface area contributed by atoms with E-state index < -0.39 is 24.3 Å². The summed E-state index contributed by atoms with van der Waals surface area (Å²) in [6.45, 7) is 1.21. The minimum Gasteiger partial charge on any atom is -0.482 e. The van der Waals surface area contributed by atoms with Gasteiger partial charge in [0.1, 0.15) is 17.4 Å². The van der Waals surface area contributed by atoms with Crippen molar-refractivity contribution in [3.8, 4) is 5.75 Å². The molecule has 10 heteroatoms. The molecule has 0 saturated heterocycles. The summed E-state index contributed by atoms with van der Waals surface area (Å²) < 4.78 is 48.2. The van der Waals surface area contributed by atoms with E-state index in [1.54, 1.807) is 11.4 Å². The van der Waals surface area contributed by atoms with Crippen LogP contribution in [-0.4, -0.2) is 23.5 Å². The van der Waals surface area contributed by atoms with E-state index in [-0.39, 0.29) is 24.7 Å². The fraction of sp³-hybridized carbons (Fsp3) is 0.227. The Labute approximate surface area is 186 Å². The number of thiazole rings is 1. The van der Waals surface area contributed by atoms with Crippen molar-refractivity contribution < 1.29 is 32.2 Å².